The van der Waals surface area contributed by atoms with Gasteiger partial charge < -0.3 is 19.7 Å². The number of nitrogens with zero attached hydrogens (tertiary/aromatic N) is 3. The molecule has 1 atom stereocenters. The summed E-state index contributed by atoms with van der Waals surface area (Å²) in [4.78, 5) is 21.7. The van der Waals surface area contributed by atoms with E-state index < -0.39 is 0 Å². The highest BCUT2D eigenvalue weighted by Crippen LogP contribution is 2.34. The van der Waals surface area contributed by atoms with Crippen molar-refractivity contribution in [2.45, 2.75) is 43.7 Å². The molecule has 1 aromatic rings. The SMILES string of the molecule is COC[C@H](c1ccccn1)N(C)C(=O)NCC1(N2CCOCC2)CCCCC1. The molecule has 1 saturated carbocycles. The van der Waals surface area contributed by atoms with E-state index >= 15 is 0 Å². The Morgan fingerprint density at radius 1 is 1.32 bits per heavy atom. The Hall–Kier alpha value is -1.70. The highest BCUT2D eigenvalue weighted by Gasteiger charge is 2.39. The maximum Gasteiger partial charge on any atom is 0.317 e. The molecule has 1 aliphatic carbocycles. The van der Waals surface area contributed by atoms with Crippen molar-refractivity contribution in [2.24, 2.45) is 0 Å². The summed E-state index contributed by atoms with van der Waals surface area (Å²) in [6, 6.07) is 5.46. The quantitative estimate of drug-likeness (QED) is 0.775. The maximum atomic E-state index is 13.0. The summed E-state index contributed by atoms with van der Waals surface area (Å²) in [6.45, 7) is 4.56. The molecule has 1 aliphatic heterocycles. The molecule has 0 bridgehead atoms. The van der Waals surface area contributed by atoms with Gasteiger partial charge in [0.15, 0.2) is 0 Å². The van der Waals surface area contributed by atoms with E-state index in [0.29, 0.717) is 13.2 Å². The number of nitrogens with one attached hydrogen (secondary N) is 1. The minimum Gasteiger partial charge on any atom is -0.382 e. The van der Waals surface area contributed by atoms with Gasteiger partial charge >= 0.3 is 6.03 Å². The first kappa shape index (κ1) is 21.0. The molecule has 1 saturated heterocycles. The standard InChI is InChI=1S/C21H34N4O3/c1-24(19(16-27-2)18-8-4-7-11-22-18)20(26)23-17-21(9-5-3-6-10-21)25-12-14-28-15-13-25/h4,7-8,11,19H,3,5-6,9-10,12-17H2,1-2H3,(H,23,26)/t19-/m1/s1. The summed E-state index contributed by atoms with van der Waals surface area (Å²) in [6.07, 6.45) is 7.76. The number of ether oxygens (including phenoxy) is 2. The number of hydrogen-bond donors (Lipinski definition) is 1. The Morgan fingerprint density at radius 2 is 2.07 bits per heavy atom. The average molecular weight is 391 g/mol. The zero-order valence-corrected chi connectivity index (χ0v) is 17.2. The normalized spacial score (nSPS) is 21.1. The molecule has 0 radical (unpaired) electrons. The molecule has 2 amide bonds. The lowest BCUT2D eigenvalue weighted by atomic mass is 9.80. The number of rotatable bonds is 7. The number of hydrogen-bond acceptors (Lipinski definition) is 5. The summed E-state index contributed by atoms with van der Waals surface area (Å²) in [5.74, 6) is 0. The highest BCUT2D eigenvalue weighted by molar-refractivity contribution is 5.74. The number of carbonyl (C=O) groups excluding carboxylic acids is 1. The molecular weight excluding hydrogens is 356 g/mol. The van der Waals surface area contributed by atoms with Gasteiger partial charge in [0.25, 0.3) is 0 Å². The van der Waals surface area contributed by atoms with Gasteiger partial charge in [0.1, 0.15) is 0 Å². The summed E-state index contributed by atoms with van der Waals surface area (Å²) in [7, 11) is 3.47. The third kappa shape index (κ3) is 5.01. The van der Waals surface area contributed by atoms with Crippen LogP contribution in [0.2, 0.25) is 0 Å². The van der Waals surface area contributed by atoms with Crippen molar-refractivity contribution in [1.29, 1.82) is 0 Å². The topological polar surface area (TPSA) is 66.9 Å². The van der Waals surface area contributed by atoms with Crippen LogP contribution in [0.25, 0.3) is 0 Å². The van der Waals surface area contributed by atoms with E-state index in [0.717, 1.165) is 44.8 Å². The molecule has 0 unspecified atom stereocenters. The summed E-state index contributed by atoms with van der Waals surface area (Å²) < 4.78 is 10.9. The van der Waals surface area contributed by atoms with Gasteiger partial charge in [-0.15, -0.1) is 0 Å². The van der Waals surface area contributed by atoms with Crippen molar-refractivity contribution in [2.75, 3.05) is 53.6 Å². The number of urea groups is 1. The van der Waals surface area contributed by atoms with Gasteiger partial charge in [-0.1, -0.05) is 25.3 Å². The molecule has 0 aromatic carbocycles. The van der Waals surface area contributed by atoms with Crippen LogP contribution in [0.3, 0.4) is 0 Å². The molecule has 2 aliphatic rings. The predicted octanol–water partition coefficient (Wildman–Crippen LogP) is 2.45. The second kappa shape index (κ2) is 10.2. The monoisotopic (exact) mass is 390 g/mol. The Balaban J connectivity index is 1.65. The minimum atomic E-state index is -0.211. The largest absolute Gasteiger partial charge is 0.382 e. The third-order valence-corrected chi connectivity index (χ3v) is 6.18. The number of aromatic nitrogens is 1. The second-order valence-electron chi connectivity index (χ2n) is 7.88. The van der Waals surface area contributed by atoms with Crippen LogP contribution in [0.15, 0.2) is 24.4 Å². The van der Waals surface area contributed by atoms with Crippen LogP contribution in [0.1, 0.15) is 43.8 Å². The van der Waals surface area contributed by atoms with E-state index in [1.54, 1.807) is 18.2 Å². The fourth-order valence-corrected chi connectivity index (χ4v) is 4.49. The second-order valence-corrected chi connectivity index (χ2v) is 7.88. The molecule has 28 heavy (non-hydrogen) atoms. The molecule has 7 nitrogen and oxygen atoms in total. The number of morpholine rings is 1. The van der Waals surface area contributed by atoms with Crippen molar-refractivity contribution >= 4 is 6.03 Å². The van der Waals surface area contributed by atoms with E-state index in [9.17, 15) is 4.79 Å². The molecule has 0 spiro atoms. The predicted molar refractivity (Wildman–Crippen MR) is 108 cm³/mol. The van der Waals surface area contributed by atoms with Crippen molar-refractivity contribution in [3.05, 3.63) is 30.1 Å². The van der Waals surface area contributed by atoms with Crippen LogP contribution in [0, 0.1) is 0 Å². The number of methoxy groups -OCH3 is 1. The summed E-state index contributed by atoms with van der Waals surface area (Å²) >= 11 is 0. The molecule has 2 heterocycles. The maximum absolute atomic E-state index is 13.0. The van der Waals surface area contributed by atoms with Crippen molar-refractivity contribution in [3.8, 4) is 0 Å². The van der Waals surface area contributed by atoms with Crippen LogP contribution in [-0.4, -0.2) is 80.0 Å². The molecule has 1 N–H and O–H groups in total. The van der Waals surface area contributed by atoms with Gasteiger partial charge in [0.05, 0.1) is 31.6 Å². The third-order valence-electron chi connectivity index (χ3n) is 6.18. The number of likely N-dealkylation sites (N-methyl/N-ethyl adjacent to an activating group) is 1. The molecule has 7 heteroatoms. The van der Waals surface area contributed by atoms with Crippen LogP contribution in [0.5, 0.6) is 0 Å². The lowest BCUT2D eigenvalue weighted by Gasteiger charge is -2.48. The smallest absolute Gasteiger partial charge is 0.317 e. The van der Waals surface area contributed by atoms with Crippen molar-refractivity contribution in [1.82, 2.24) is 20.1 Å². The highest BCUT2D eigenvalue weighted by atomic mass is 16.5. The van der Waals surface area contributed by atoms with Crippen LogP contribution >= 0.6 is 0 Å². The first-order valence-corrected chi connectivity index (χ1v) is 10.4. The Bertz CT molecular complexity index is 601. The zero-order valence-electron chi connectivity index (χ0n) is 17.2. The van der Waals surface area contributed by atoms with Crippen LogP contribution < -0.4 is 5.32 Å². The average Bonchev–Trinajstić information content (AvgIpc) is 2.77. The zero-order chi connectivity index (χ0) is 19.8. The van der Waals surface area contributed by atoms with Gasteiger partial charge in [0, 0.05) is 45.5 Å². The Kier molecular flexibility index (Phi) is 7.65. The van der Waals surface area contributed by atoms with E-state index in [1.165, 1.54) is 19.3 Å². The Morgan fingerprint density at radius 3 is 2.71 bits per heavy atom. The van der Waals surface area contributed by atoms with E-state index in [4.69, 9.17) is 9.47 Å². The first-order valence-electron chi connectivity index (χ1n) is 10.4. The summed E-state index contributed by atoms with van der Waals surface area (Å²) in [5, 5.41) is 3.22. The van der Waals surface area contributed by atoms with Gasteiger partial charge in [0.2, 0.25) is 0 Å². The number of carbonyl (C=O) groups is 1. The fraction of sp³-hybridized carbons (Fsp3) is 0.714. The van der Waals surface area contributed by atoms with E-state index in [2.05, 4.69) is 15.2 Å². The van der Waals surface area contributed by atoms with Crippen molar-refractivity contribution < 1.29 is 14.3 Å². The van der Waals surface area contributed by atoms with E-state index in [1.807, 2.05) is 25.2 Å². The van der Waals surface area contributed by atoms with Crippen molar-refractivity contribution in [3.63, 3.8) is 0 Å². The van der Waals surface area contributed by atoms with Crippen LogP contribution in [-0.2, 0) is 9.47 Å². The van der Waals surface area contributed by atoms with Gasteiger partial charge in [-0.05, 0) is 25.0 Å². The fourth-order valence-electron chi connectivity index (χ4n) is 4.49. The molecular formula is C21H34N4O3. The summed E-state index contributed by atoms with van der Waals surface area (Å²) in [5.41, 5.74) is 0.892. The number of pyridine rings is 1. The van der Waals surface area contributed by atoms with Gasteiger partial charge in [-0.25, -0.2) is 4.79 Å². The van der Waals surface area contributed by atoms with Gasteiger partial charge in [-0.3, -0.25) is 9.88 Å². The molecule has 3 rings (SSSR count). The molecule has 1 aromatic heterocycles. The van der Waals surface area contributed by atoms with Gasteiger partial charge in [-0.2, -0.15) is 0 Å². The molecule has 156 valence electrons. The molecule has 2 fully saturated rings. The Labute approximate surface area is 168 Å². The lowest BCUT2D eigenvalue weighted by molar-refractivity contribution is -0.0361. The number of amides is 2. The minimum absolute atomic E-state index is 0.0558. The van der Waals surface area contributed by atoms with E-state index in [-0.39, 0.29) is 17.6 Å². The lowest BCUT2D eigenvalue weighted by Crippen LogP contribution is -2.60. The first-order chi connectivity index (χ1) is 13.7. The van der Waals surface area contributed by atoms with Crippen LogP contribution in [0.4, 0.5) is 4.79 Å².